The number of nitrogens with one attached hydrogen (secondary N) is 1. The lowest BCUT2D eigenvalue weighted by molar-refractivity contribution is 0.483. The minimum absolute atomic E-state index is 0.0601. The molecule has 0 saturated carbocycles. The van der Waals surface area contributed by atoms with Gasteiger partial charge in [0.2, 0.25) is 4.77 Å². The van der Waals surface area contributed by atoms with Gasteiger partial charge in [0.1, 0.15) is 11.5 Å². The summed E-state index contributed by atoms with van der Waals surface area (Å²) in [5.41, 5.74) is 1.09. The number of aryl methyl sites for hydroxylation is 2. The molecule has 0 amide bonds. The van der Waals surface area contributed by atoms with Crippen molar-refractivity contribution in [1.82, 2.24) is 20.2 Å². The number of nitrogens with zero attached hydrogens (tertiary/aromatic N) is 3. The predicted octanol–water partition coefficient (Wildman–Crippen LogP) is 2.15. The van der Waals surface area contributed by atoms with Crippen LogP contribution in [-0.2, 0) is 0 Å². The molecule has 0 bridgehead atoms. The Hall–Kier alpha value is -1.43. The van der Waals surface area contributed by atoms with Crippen LogP contribution in [0.1, 0.15) is 30.0 Å². The van der Waals surface area contributed by atoms with E-state index in [1.54, 1.807) is 4.68 Å². The molecule has 0 spiro atoms. The van der Waals surface area contributed by atoms with Crippen molar-refractivity contribution in [3.63, 3.8) is 0 Å². The molecule has 1 atom stereocenters. The van der Waals surface area contributed by atoms with E-state index in [0.717, 1.165) is 17.1 Å². The standard InChI is InChI=1S/C9H12N4OS/c1-5-4-8(7(3)14-5)6(2)13-9(15)10-11-12-13/h4,6H,1-3H3,(H,10,12,15). The first-order valence-corrected chi connectivity index (χ1v) is 5.07. The Bertz CT molecular complexity index is 524. The van der Waals surface area contributed by atoms with Crippen molar-refractivity contribution >= 4 is 12.2 Å². The number of aromatic amines is 1. The van der Waals surface area contributed by atoms with Crippen LogP contribution in [0.25, 0.3) is 0 Å². The second kappa shape index (κ2) is 3.62. The Morgan fingerprint density at radius 1 is 1.53 bits per heavy atom. The number of tetrazole rings is 1. The maximum Gasteiger partial charge on any atom is 0.238 e. The van der Waals surface area contributed by atoms with Gasteiger partial charge in [0.15, 0.2) is 0 Å². The molecule has 0 aliphatic rings. The van der Waals surface area contributed by atoms with E-state index < -0.39 is 0 Å². The molecule has 1 unspecified atom stereocenters. The summed E-state index contributed by atoms with van der Waals surface area (Å²) in [6.07, 6.45) is 0. The van der Waals surface area contributed by atoms with Gasteiger partial charge in [0, 0.05) is 5.56 Å². The quantitative estimate of drug-likeness (QED) is 0.794. The number of H-pyrrole nitrogens is 1. The van der Waals surface area contributed by atoms with Gasteiger partial charge >= 0.3 is 0 Å². The van der Waals surface area contributed by atoms with E-state index in [2.05, 4.69) is 15.5 Å². The molecule has 0 aromatic carbocycles. The van der Waals surface area contributed by atoms with Crippen LogP contribution in [0.3, 0.4) is 0 Å². The average molecular weight is 224 g/mol. The fraction of sp³-hybridized carbons (Fsp3) is 0.444. The van der Waals surface area contributed by atoms with Crippen LogP contribution in [0.2, 0.25) is 0 Å². The van der Waals surface area contributed by atoms with Crippen molar-refractivity contribution in [3.8, 4) is 0 Å². The third kappa shape index (κ3) is 1.72. The predicted molar refractivity (Wildman–Crippen MR) is 57.2 cm³/mol. The van der Waals surface area contributed by atoms with Gasteiger partial charge in [0.25, 0.3) is 0 Å². The smallest absolute Gasteiger partial charge is 0.238 e. The van der Waals surface area contributed by atoms with Gasteiger partial charge in [-0.2, -0.15) is 5.21 Å². The highest BCUT2D eigenvalue weighted by atomic mass is 32.1. The van der Waals surface area contributed by atoms with Crippen LogP contribution in [0.15, 0.2) is 10.5 Å². The molecule has 0 saturated heterocycles. The Labute approximate surface area is 92.1 Å². The van der Waals surface area contributed by atoms with Crippen LogP contribution >= 0.6 is 12.2 Å². The van der Waals surface area contributed by atoms with Crippen LogP contribution in [0, 0.1) is 18.6 Å². The lowest BCUT2D eigenvalue weighted by Gasteiger charge is -2.09. The van der Waals surface area contributed by atoms with Crippen molar-refractivity contribution < 1.29 is 4.42 Å². The molecule has 6 heteroatoms. The van der Waals surface area contributed by atoms with Crippen LogP contribution in [0.4, 0.5) is 0 Å². The lowest BCUT2D eigenvalue weighted by Crippen LogP contribution is -2.09. The van der Waals surface area contributed by atoms with Gasteiger partial charge in [-0.1, -0.05) is 10.3 Å². The molecule has 0 fully saturated rings. The average Bonchev–Trinajstić information content (AvgIpc) is 2.71. The van der Waals surface area contributed by atoms with Crippen molar-refractivity contribution in [3.05, 3.63) is 27.9 Å². The summed E-state index contributed by atoms with van der Waals surface area (Å²) in [4.78, 5) is 0. The molecule has 2 aromatic rings. The van der Waals surface area contributed by atoms with E-state index >= 15 is 0 Å². The molecule has 1 N–H and O–H groups in total. The van der Waals surface area contributed by atoms with Crippen molar-refractivity contribution in [1.29, 1.82) is 0 Å². The van der Waals surface area contributed by atoms with Gasteiger partial charge in [0.05, 0.1) is 6.04 Å². The van der Waals surface area contributed by atoms with E-state index in [1.807, 2.05) is 26.8 Å². The van der Waals surface area contributed by atoms with Gasteiger partial charge in [-0.25, -0.2) is 4.68 Å². The van der Waals surface area contributed by atoms with Crippen LogP contribution in [0.5, 0.6) is 0 Å². The number of hydrogen-bond donors (Lipinski definition) is 1. The summed E-state index contributed by atoms with van der Waals surface area (Å²) >= 11 is 5.04. The highest BCUT2D eigenvalue weighted by molar-refractivity contribution is 7.71. The molecule has 2 heterocycles. The maximum atomic E-state index is 5.47. The fourth-order valence-corrected chi connectivity index (χ4v) is 1.90. The van der Waals surface area contributed by atoms with Crippen molar-refractivity contribution in [2.75, 3.05) is 0 Å². The lowest BCUT2D eigenvalue weighted by atomic mass is 10.1. The Kier molecular flexibility index (Phi) is 2.44. The van der Waals surface area contributed by atoms with E-state index in [1.165, 1.54) is 0 Å². The van der Waals surface area contributed by atoms with Crippen molar-refractivity contribution in [2.45, 2.75) is 26.8 Å². The van der Waals surface area contributed by atoms with Crippen LogP contribution < -0.4 is 0 Å². The molecule has 80 valence electrons. The maximum absolute atomic E-state index is 5.47. The monoisotopic (exact) mass is 224 g/mol. The SMILES string of the molecule is Cc1cc(C(C)n2[nH]nnc2=S)c(C)o1. The fourth-order valence-electron chi connectivity index (χ4n) is 1.66. The molecular weight excluding hydrogens is 212 g/mol. The van der Waals surface area contributed by atoms with E-state index in [0.29, 0.717) is 4.77 Å². The molecular formula is C9H12N4OS. The Morgan fingerprint density at radius 3 is 2.73 bits per heavy atom. The molecule has 0 radical (unpaired) electrons. The Morgan fingerprint density at radius 2 is 2.27 bits per heavy atom. The minimum atomic E-state index is 0.0601. The summed E-state index contributed by atoms with van der Waals surface area (Å²) in [6, 6.07) is 2.06. The second-order valence-electron chi connectivity index (χ2n) is 3.50. The highest BCUT2D eigenvalue weighted by Gasteiger charge is 2.15. The van der Waals surface area contributed by atoms with E-state index in [4.69, 9.17) is 16.6 Å². The number of furan rings is 1. The van der Waals surface area contributed by atoms with Crippen LogP contribution in [-0.4, -0.2) is 20.2 Å². The van der Waals surface area contributed by atoms with Gasteiger partial charge in [-0.05, 0) is 39.1 Å². The van der Waals surface area contributed by atoms with Gasteiger partial charge < -0.3 is 4.42 Å². The number of aromatic nitrogens is 4. The Balaban J connectivity index is 2.45. The third-order valence-corrected chi connectivity index (χ3v) is 2.69. The summed E-state index contributed by atoms with van der Waals surface area (Å²) in [7, 11) is 0. The molecule has 2 rings (SSSR count). The molecule has 15 heavy (non-hydrogen) atoms. The van der Waals surface area contributed by atoms with Gasteiger partial charge in [-0.3, -0.25) is 0 Å². The van der Waals surface area contributed by atoms with E-state index in [-0.39, 0.29) is 6.04 Å². The topological polar surface area (TPSA) is 59.6 Å². The largest absolute Gasteiger partial charge is 0.466 e. The van der Waals surface area contributed by atoms with Gasteiger partial charge in [-0.15, -0.1) is 0 Å². The zero-order chi connectivity index (χ0) is 11.0. The number of rotatable bonds is 2. The zero-order valence-corrected chi connectivity index (χ0v) is 9.63. The summed E-state index contributed by atoms with van der Waals surface area (Å²) < 4.78 is 7.65. The summed E-state index contributed by atoms with van der Waals surface area (Å²) in [5, 5.41) is 10.1. The van der Waals surface area contributed by atoms with Crippen molar-refractivity contribution in [2.24, 2.45) is 0 Å². The first-order chi connectivity index (χ1) is 7.09. The zero-order valence-electron chi connectivity index (χ0n) is 8.81. The molecule has 5 nitrogen and oxygen atoms in total. The highest BCUT2D eigenvalue weighted by Crippen LogP contribution is 2.23. The minimum Gasteiger partial charge on any atom is -0.466 e. The first kappa shape index (κ1) is 10.1. The molecule has 0 aliphatic carbocycles. The molecule has 0 aliphatic heterocycles. The first-order valence-electron chi connectivity index (χ1n) is 4.66. The molecule has 2 aromatic heterocycles. The summed E-state index contributed by atoms with van der Waals surface area (Å²) in [6.45, 7) is 5.88. The second-order valence-corrected chi connectivity index (χ2v) is 3.86. The van der Waals surface area contributed by atoms with E-state index in [9.17, 15) is 0 Å². The normalized spacial score (nSPS) is 13.0. The third-order valence-electron chi connectivity index (χ3n) is 2.41. The number of hydrogen-bond acceptors (Lipinski definition) is 4. The summed E-state index contributed by atoms with van der Waals surface area (Å²) in [5.74, 6) is 1.80.